The van der Waals surface area contributed by atoms with Crippen LogP contribution in [0.5, 0.6) is 0 Å². The van der Waals surface area contributed by atoms with Gasteiger partial charge in [-0.3, -0.25) is 9.59 Å². The average Bonchev–Trinajstić information content (AvgIpc) is 3.20. The van der Waals surface area contributed by atoms with Crippen LogP contribution in [-0.2, 0) is 21.5 Å². The second-order valence-corrected chi connectivity index (χ2v) is 8.14. The van der Waals surface area contributed by atoms with Crippen molar-refractivity contribution in [1.82, 2.24) is 24.7 Å². The van der Waals surface area contributed by atoms with Gasteiger partial charge in [-0.25, -0.2) is 32.8 Å². The Balaban J connectivity index is 1.70. The Morgan fingerprint density at radius 2 is 1.76 bits per heavy atom. The van der Waals surface area contributed by atoms with Gasteiger partial charge >= 0.3 is 5.92 Å². The molecule has 172 valence electrons. The molecule has 5 heterocycles. The number of carbonyl (C=O) groups is 2. The van der Waals surface area contributed by atoms with Crippen LogP contribution in [0.25, 0.3) is 22.6 Å². The van der Waals surface area contributed by atoms with E-state index in [4.69, 9.17) is 0 Å². The van der Waals surface area contributed by atoms with Gasteiger partial charge in [-0.05, 0) is 19.9 Å². The predicted molar refractivity (Wildman–Crippen MR) is 103 cm³/mol. The molecule has 0 aromatic carbocycles. The van der Waals surface area contributed by atoms with Crippen molar-refractivity contribution in [3.05, 3.63) is 23.6 Å². The minimum absolute atomic E-state index is 0.0674. The first-order chi connectivity index (χ1) is 15.3. The van der Waals surface area contributed by atoms with E-state index in [2.05, 4.69) is 25.4 Å². The predicted octanol–water partition coefficient (Wildman–Crippen LogP) is 2.87. The van der Waals surface area contributed by atoms with Crippen molar-refractivity contribution in [3.63, 3.8) is 0 Å². The molecule has 2 amide bonds. The van der Waals surface area contributed by atoms with Crippen molar-refractivity contribution in [3.8, 4) is 11.5 Å². The number of pyridine rings is 1. The SMILES string of the molecule is CC(F)(F)CCn1nc(-c2nc3c4c(n2)NC(=O)C4(C)C(F)(F)C(=O)N3)c2cc(F)cnc21. The maximum absolute atomic E-state index is 14.6. The highest BCUT2D eigenvalue weighted by Gasteiger charge is 2.69. The number of anilines is 2. The summed E-state index contributed by atoms with van der Waals surface area (Å²) in [4.78, 5) is 36.6. The van der Waals surface area contributed by atoms with E-state index in [0.717, 1.165) is 30.8 Å². The van der Waals surface area contributed by atoms with Gasteiger partial charge in [-0.2, -0.15) is 13.9 Å². The van der Waals surface area contributed by atoms with Crippen LogP contribution in [-0.4, -0.2) is 48.4 Å². The first-order valence-corrected chi connectivity index (χ1v) is 9.66. The van der Waals surface area contributed by atoms with Crippen molar-refractivity contribution in [1.29, 1.82) is 0 Å². The van der Waals surface area contributed by atoms with Crippen molar-refractivity contribution in [2.45, 2.75) is 44.1 Å². The molecule has 0 aliphatic carbocycles. The lowest BCUT2D eigenvalue weighted by Gasteiger charge is -2.35. The molecule has 5 rings (SSSR count). The molecular formula is C19H14F5N7O2. The molecule has 1 atom stereocenters. The second kappa shape index (κ2) is 6.42. The van der Waals surface area contributed by atoms with E-state index in [1.165, 1.54) is 0 Å². The van der Waals surface area contributed by atoms with E-state index in [1.807, 2.05) is 5.32 Å². The van der Waals surface area contributed by atoms with Crippen molar-refractivity contribution in [2.75, 3.05) is 10.6 Å². The monoisotopic (exact) mass is 467 g/mol. The fourth-order valence-corrected chi connectivity index (χ4v) is 3.94. The molecule has 33 heavy (non-hydrogen) atoms. The third kappa shape index (κ3) is 2.89. The third-order valence-corrected chi connectivity index (χ3v) is 5.77. The molecule has 9 nitrogen and oxygen atoms in total. The van der Waals surface area contributed by atoms with E-state index >= 15 is 0 Å². The Hall–Kier alpha value is -3.71. The molecule has 3 aromatic rings. The molecule has 14 heteroatoms. The Morgan fingerprint density at radius 3 is 2.39 bits per heavy atom. The van der Waals surface area contributed by atoms with Crippen LogP contribution in [0.3, 0.4) is 0 Å². The summed E-state index contributed by atoms with van der Waals surface area (Å²) in [7, 11) is 0. The highest BCUT2D eigenvalue weighted by atomic mass is 19.3. The fraction of sp³-hybridized carbons (Fsp3) is 0.368. The summed E-state index contributed by atoms with van der Waals surface area (Å²) in [6.45, 7) is 1.38. The van der Waals surface area contributed by atoms with Gasteiger partial charge in [0.1, 0.15) is 23.1 Å². The van der Waals surface area contributed by atoms with E-state index in [9.17, 15) is 31.5 Å². The molecule has 0 saturated heterocycles. The highest BCUT2D eigenvalue weighted by Crippen LogP contribution is 2.53. The third-order valence-electron chi connectivity index (χ3n) is 5.77. The zero-order valence-electron chi connectivity index (χ0n) is 17.0. The van der Waals surface area contributed by atoms with Crippen LogP contribution < -0.4 is 10.6 Å². The number of nitrogens with one attached hydrogen (secondary N) is 2. The smallest absolute Gasteiger partial charge is 0.309 e. The Morgan fingerprint density at radius 1 is 1.12 bits per heavy atom. The first-order valence-electron chi connectivity index (χ1n) is 9.66. The molecule has 2 N–H and O–H groups in total. The second-order valence-electron chi connectivity index (χ2n) is 8.14. The standard InChI is InChI=1S/C19H14F5N7O2/c1-17(21,22)3-4-31-14-8(5-7(20)6-25-14)10(30-31)13-26-11-9-12(27-13)29-16(33)19(23,24)18(9,2)15(32)28-11/h5-6H,3-4H2,1-2H3,(H2,26,27,28,29,32,33). The van der Waals surface area contributed by atoms with Crippen LogP contribution >= 0.6 is 0 Å². The molecule has 0 bridgehead atoms. The van der Waals surface area contributed by atoms with E-state index in [0.29, 0.717) is 0 Å². The number of aromatic nitrogens is 5. The zero-order chi connectivity index (χ0) is 23.9. The summed E-state index contributed by atoms with van der Waals surface area (Å²) in [5.41, 5.74) is -2.84. The van der Waals surface area contributed by atoms with Gasteiger partial charge in [0.25, 0.3) is 5.91 Å². The van der Waals surface area contributed by atoms with Gasteiger partial charge in [-0.1, -0.05) is 0 Å². The van der Waals surface area contributed by atoms with E-state index in [1.54, 1.807) is 0 Å². The van der Waals surface area contributed by atoms with Gasteiger partial charge in [-0.15, -0.1) is 0 Å². The number of hydrogen-bond donors (Lipinski definition) is 2. The number of amides is 2. The molecule has 0 spiro atoms. The summed E-state index contributed by atoms with van der Waals surface area (Å²) >= 11 is 0. The minimum Gasteiger partial charge on any atom is -0.309 e. The zero-order valence-corrected chi connectivity index (χ0v) is 17.0. The fourth-order valence-electron chi connectivity index (χ4n) is 3.94. The van der Waals surface area contributed by atoms with Crippen molar-refractivity contribution >= 4 is 34.5 Å². The number of carbonyl (C=O) groups excluding carboxylic acids is 2. The van der Waals surface area contributed by atoms with Gasteiger partial charge < -0.3 is 10.6 Å². The molecular weight excluding hydrogens is 453 g/mol. The Labute approximate surface area is 181 Å². The number of halogens is 5. The molecule has 0 fully saturated rings. The Bertz CT molecular complexity index is 1370. The molecule has 3 aromatic heterocycles. The lowest BCUT2D eigenvalue weighted by atomic mass is 9.75. The lowest BCUT2D eigenvalue weighted by Crippen LogP contribution is -2.58. The van der Waals surface area contributed by atoms with Crippen LogP contribution in [0.15, 0.2) is 12.3 Å². The van der Waals surface area contributed by atoms with Gasteiger partial charge in [0.15, 0.2) is 16.9 Å². The number of nitrogens with zero attached hydrogens (tertiary/aromatic N) is 5. The van der Waals surface area contributed by atoms with E-state index in [-0.39, 0.29) is 46.3 Å². The number of hydrogen-bond acceptors (Lipinski definition) is 6. The normalized spacial score (nSPS) is 21.2. The number of alkyl halides is 4. The maximum Gasteiger partial charge on any atom is 0.343 e. The van der Waals surface area contributed by atoms with E-state index < -0.39 is 41.3 Å². The molecule has 0 radical (unpaired) electrons. The number of rotatable bonds is 4. The lowest BCUT2D eigenvalue weighted by molar-refractivity contribution is -0.157. The largest absolute Gasteiger partial charge is 0.343 e. The quantitative estimate of drug-likeness (QED) is 0.571. The van der Waals surface area contributed by atoms with Gasteiger partial charge in [0.2, 0.25) is 11.8 Å². The highest BCUT2D eigenvalue weighted by molar-refractivity contribution is 6.16. The number of fused-ring (bicyclic) bond motifs is 1. The summed E-state index contributed by atoms with van der Waals surface area (Å²) in [5.74, 6) is -11.5. The van der Waals surface area contributed by atoms with Crippen LogP contribution in [0.2, 0.25) is 0 Å². The maximum atomic E-state index is 14.6. The van der Waals surface area contributed by atoms with Gasteiger partial charge in [0.05, 0.1) is 17.1 Å². The van der Waals surface area contributed by atoms with Crippen molar-refractivity contribution < 1.29 is 31.5 Å². The van der Waals surface area contributed by atoms with Crippen LogP contribution in [0.4, 0.5) is 33.6 Å². The molecule has 1 unspecified atom stereocenters. The Kier molecular flexibility index (Phi) is 4.11. The summed E-state index contributed by atoms with van der Waals surface area (Å²) in [5, 5.41) is 8.46. The van der Waals surface area contributed by atoms with Crippen molar-refractivity contribution in [2.24, 2.45) is 0 Å². The first kappa shape index (κ1) is 21.2. The summed E-state index contributed by atoms with van der Waals surface area (Å²) in [6, 6.07) is 1.04. The molecule has 2 aliphatic rings. The summed E-state index contributed by atoms with van der Waals surface area (Å²) < 4.78 is 71.0. The molecule has 0 saturated carbocycles. The van der Waals surface area contributed by atoms with Gasteiger partial charge in [0, 0.05) is 13.0 Å². The van der Waals surface area contributed by atoms with Crippen LogP contribution in [0, 0.1) is 5.82 Å². The molecule has 2 aliphatic heterocycles. The topological polar surface area (TPSA) is 115 Å². The minimum atomic E-state index is -4.06. The van der Waals surface area contributed by atoms with Crippen LogP contribution in [0.1, 0.15) is 25.8 Å². The summed E-state index contributed by atoms with van der Waals surface area (Å²) in [6.07, 6.45) is 0.299. The average molecular weight is 467 g/mol. The number of aryl methyl sites for hydroxylation is 1.